The van der Waals surface area contributed by atoms with Crippen LogP contribution in [0.2, 0.25) is 5.02 Å². The first-order valence-corrected chi connectivity index (χ1v) is 7.12. The third-order valence-corrected chi connectivity index (χ3v) is 3.90. The van der Waals surface area contributed by atoms with Crippen molar-refractivity contribution in [2.45, 2.75) is 27.3 Å². The second-order valence-corrected chi connectivity index (χ2v) is 5.48. The summed E-state index contributed by atoms with van der Waals surface area (Å²) in [6, 6.07) is 2.65. The second kappa shape index (κ2) is 6.37. The maximum Gasteiger partial charge on any atom is 0.325 e. The Morgan fingerprint density at radius 3 is 2.61 bits per heavy atom. The number of amides is 1. The van der Waals surface area contributed by atoms with Crippen LogP contribution in [0, 0.1) is 26.6 Å². The van der Waals surface area contributed by atoms with E-state index in [0.717, 1.165) is 0 Å². The van der Waals surface area contributed by atoms with E-state index in [2.05, 4.69) is 10.4 Å². The number of nitrogens with one attached hydrogen (secondary N) is 1. The molecule has 0 aliphatic heterocycles. The number of rotatable bonds is 4. The van der Waals surface area contributed by atoms with E-state index in [-0.39, 0.29) is 17.1 Å². The summed E-state index contributed by atoms with van der Waals surface area (Å²) >= 11 is 6.01. The highest BCUT2D eigenvalue weighted by Crippen LogP contribution is 2.26. The van der Waals surface area contributed by atoms with Gasteiger partial charge in [0.05, 0.1) is 27.7 Å². The van der Waals surface area contributed by atoms with Crippen molar-refractivity contribution in [3.8, 4) is 0 Å². The van der Waals surface area contributed by atoms with Gasteiger partial charge in [0.1, 0.15) is 12.4 Å². The molecule has 0 unspecified atom stereocenters. The number of hydrogen-bond acceptors (Lipinski definition) is 3. The van der Waals surface area contributed by atoms with Crippen LogP contribution in [-0.2, 0) is 11.3 Å². The number of carbonyl (C=O) groups excluding carboxylic acids is 1. The zero-order valence-electron chi connectivity index (χ0n) is 12.8. The van der Waals surface area contributed by atoms with Gasteiger partial charge in [-0.25, -0.2) is 4.39 Å². The quantitative estimate of drug-likeness (QED) is 0.897. The van der Waals surface area contributed by atoms with Gasteiger partial charge in [-0.15, -0.1) is 0 Å². The molecule has 2 aromatic rings. The van der Waals surface area contributed by atoms with Gasteiger partial charge in [0.15, 0.2) is 0 Å². The number of aryl methyl sites for hydroxylation is 2. The van der Waals surface area contributed by atoms with Crippen LogP contribution in [0.3, 0.4) is 0 Å². The predicted octanol–water partition coefficient (Wildman–Crippen LogP) is 2.94. The molecule has 0 atom stereocenters. The standard InChI is InChI=1S/C15H15ClFN3O3/c1-7-4-5-10(17)12(13(7)16)15(23)18-14-8(2)19-20(9(14)3)6-11(21)22/h4-5H,6H2,1-3H3,(H,18,23)(H,21,22). The van der Waals surface area contributed by atoms with Crippen LogP contribution in [-0.4, -0.2) is 26.8 Å². The summed E-state index contributed by atoms with van der Waals surface area (Å²) < 4.78 is 15.2. The van der Waals surface area contributed by atoms with Crippen LogP contribution in [0.5, 0.6) is 0 Å². The number of carboxylic acids is 1. The van der Waals surface area contributed by atoms with E-state index in [0.29, 0.717) is 22.6 Å². The molecule has 0 radical (unpaired) electrons. The minimum Gasteiger partial charge on any atom is -0.480 e. The Labute approximate surface area is 136 Å². The smallest absolute Gasteiger partial charge is 0.325 e. The molecule has 2 N–H and O–H groups in total. The minimum atomic E-state index is -1.05. The molecule has 0 bridgehead atoms. The summed E-state index contributed by atoms with van der Waals surface area (Å²) in [6.45, 7) is 4.57. The van der Waals surface area contributed by atoms with Crippen molar-refractivity contribution in [3.63, 3.8) is 0 Å². The number of carboxylic acid groups (broad SMARTS) is 1. The Kier molecular flexibility index (Phi) is 4.70. The summed E-state index contributed by atoms with van der Waals surface area (Å²) in [5, 5.41) is 15.5. The number of benzene rings is 1. The van der Waals surface area contributed by atoms with Crippen molar-refractivity contribution < 1.29 is 19.1 Å². The fourth-order valence-corrected chi connectivity index (χ4v) is 2.44. The molecule has 122 valence electrons. The zero-order chi connectivity index (χ0) is 17.3. The average Bonchev–Trinajstić information content (AvgIpc) is 2.70. The Hall–Kier alpha value is -2.41. The molecule has 0 spiro atoms. The molecule has 2 rings (SSSR count). The van der Waals surface area contributed by atoms with Gasteiger partial charge in [0.2, 0.25) is 0 Å². The fraction of sp³-hybridized carbons (Fsp3) is 0.267. The number of carbonyl (C=O) groups is 2. The summed E-state index contributed by atoms with van der Waals surface area (Å²) in [7, 11) is 0. The molecule has 1 heterocycles. The van der Waals surface area contributed by atoms with Crippen molar-refractivity contribution in [1.82, 2.24) is 9.78 Å². The van der Waals surface area contributed by atoms with E-state index >= 15 is 0 Å². The van der Waals surface area contributed by atoms with Gasteiger partial charge in [-0.05, 0) is 32.4 Å². The lowest BCUT2D eigenvalue weighted by atomic mass is 10.1. The Morgan fingerprint density at radius 2 is 2.00 bits per heavy atom. The highest BCUT2D eigenvalue weighted by molar-refractivity contribution is 6.35. The highest BCUT2D eigenvalue weighted by Gasteiger charge is 2.21. The number of halogens is 2. The molecule has 0 aliphatic carbocycles. The minimum absolute atomic E-state index is 0.0377. The topological polar surface area (TPSA) is 84.2 Å². The first-order chi connectivity index (χ1) is 10.7. The van der Waals surface area contributed by atoms with Gasteiger partial charge in [-0.2, -0.15) is 5.10 Å². The number of anilines is 1. The SMILES string of the molecule is Cc1ccc(F)c(C(=O)Nc2c(C)nn(CC(=O)O)c2C)c1Cl. The van der Waals surface area contributed by atoms with Gasteiger partial charge in [-0.1, -0.05) is 17.7 Å². The second-order valence-electron chi connectivity index (χ2n) is 5.10. The normalized spacial score (nSPS) is 10.7. The lowest BCUT2D eigenvalue weighted by Crippen LogP contribution is -2.16. The molecule has 23 heavy (non-hydrogen) atoms. The third kappa shape index (κ3) is 3.34. The van der Waals surface area contributed by atoms with Crippen molar-refractivity contribution in [1.29, 1.82) is 0 Å². The summed E-state index contributed by atoms with van der Waals surface area (Å²) in [5.74, 6) is -2.50. The number of aliphatic carboxylic acids is 1. The maximum absolute atomic E-state index is 13.9. The molecule has 6 nitrogen and oxygen atoms in total. The zero-order valence-corrected chi connectivity index (χ0v) is 13.5. The number of nitrogens with zero attached hydrogens (tertiary/aromatic N) is 2. The van der Waals surface area contributed by atoms with Crippen molar-refractivity contribution in [2.75, 3.05) is 5.32 Å². The van der Waals surface area contributed by atoms with Gasteiger partial charge < -0.3 is 10.4 Å². The van der Waals surface area contributed by atoms with Crippen LogP contribution < -0.4 is 5.32 Å². The van der Waals surface area contributed by atoms with E-state index in [4.69, 9.17) is 16.7 Å². The largest absolute Gasteiger partial charge is 0.480 e. The summed E-state index contributed by atoms with van der Waals surface area (Å²) in [4.78, 5) is 23.2. The first-order valence-electron chi connectivity index (χ1n) is 6.74. The monoisotopic (exact) mass is 339 g/mol. The van der Waals surface area contributed by atoms with E-state index in [9.17, 15) is 14.0 Å². The van der Waals surface area contributed by atoms with E-state index in [1.165, 1.54) is 16.8 Å². The van der Waals surface area contributed by atoms with Crippen molar-refractivity contribution in [3.05, 3.63) is 45.5 Å². The van der Waals surface area contributed by atoms with Crippen molar-refractivity contribution in [2.24, 2.45) is 0 Å². The first kappa shape index (κ1) is 17.0. The predicted molar refractivity (Wildman–Crippen MR) is 83.4 cm³/mol. The molecule has 1 aromatic heterocycles. The van der Waals surface area contributed by atoms with Gasteiger partial charge >= 0.3 is 5.97 Å². The molecule has 0 saturated heterocycles. The lowest BCUT2D eigenvalue weighted by molar-refractivity contribution is -0.137. The van der Waals surface area contributed by atoms with Gasteiger partial charge in [0, 0.05) is 0 Å². The number of aromatic nitrogens is 2. The highest BCUT2D eigenvalue weighted by atomic mass is 35.5. The Morgan fingerprint density at radius 1 is 1.35 bits per heavy atom. The number of hydrogen-bond donors (Lipinski definition) is 2. The Bertz CT molecular complexity index is 802. The maximum atomic E-state index is 13.9. The van der Waals surface area contributed by atoms with Gasteiger partial charge in [-0.3, -0.25) is 14.3 Å². The van der Waals surface area contributed by atoms with Gasteiger partial charge in [0.25, 0.3) is 5.91 Å². The average molecular weight is 340 g/mol. The fourth-order valence-electron chi connectivity index (χ4n) is 2.20. The van der Waals surface area contributed by atoms with Crippen LogP contribution in [0.25, 0.3) is 0 Å². The summed E-state index contributed by atoms with van der Waals surface area (Å²) in [6.07, 6.45) is 0. The third-order valence-electron chi connectivity index (χ3n) is 3.42. The van der Waals surface area contributed by atoms with Crippen LogP contribution >= 0.6 is 11.6 Å². The molecule has 0 aliphatic rings. The molecule has 0 saturated carbocycles. The molecule has 1 aromatic carbocycles. The lowest BCUT2D eigenvalue weighted by Gasteiger charge is -2.10. The van der Waals surface area contributed by atoms with Crippen LogP contribution in [0.4, 0.5) is 10.1 Å². The van der Waals surface area contributed by atoms with Crippen LogP contribution in [0.1, 0.15) is 27.3 Å². The molecule has 1 amide bonds. The molecular formula is C15H15ClFN3O3. The van der Waals surface area contributed by atoms with E-state index in [1.54, 1.807) is 20.8 Å². The molecular weight excluding hydrogens is 325 g/mol. The van der Waals surface area contributed by atoms with Crippen molar-refractivity contribution >= 4 is 29.2 Å². The van der Waals surface area contributed by atoms with E-state index in [1.807, 2.05) is 0 Å². The summed E-state index contributed by atoms with van der Waals surface area (Å²) in [5.41, 5.74) is 1.56. The molecule has 8 heteroatoms. The van der Waals surface area contributed by atoms with Crippen LogP contribution in [0.15, 0.2) is 12.1 Å². The Balaban J connectivity index is 2.37. The van der Waals surface area contributed by atoms with E-state index < -0.39 is 17.7 Å². The molecule has 0 fully saturated rings.